The first-order valence-corrected chi connectivity index (χ1v) is 11.0. The summed E-state index contributed by atoms with van der Waals surface area (Å²) in [6.07, 6.45) is 1.20. The summed E-state index contributed by atoms with van der Waals surface area (Å²) in [7, 11) is 1.62. The highest BCUT2D eigenvalue weighted by molar-refractivity contribution is 7.99. The molecule has 30 heavy (non-hydrogen) atoms. The second-order valence-electron chi connectivity index (χ2n) is 8.96. The van der Waals surface area contributed by atoms with Crippen molar-refractivity contribution in [2.45, 2.75) is 56.9 Å². The zero-order chi connectivity index (χ0) is 21.6. The molecular formula is C23H27N3O3S. The number of methoxy groups -OCH3 is 1. The van der Waals surface area contributed by atoms with E-state index in [4.69, 9.17) is 9.72 Å². The Kier molecular flexibility index (Phi) is 5.26. The van der Waals surface area contributed by atoms with Crippen LogP contribution in [-0.4, -0.2) is 28.1 Å². The Labute approximate surface area is 180 Å². The van der Waals surface area contributed by atoms with Gasteiger partial charge in [0.05, 0.1) is 12.7 Å². The van der Waals surface area contributed by atoms with Gasteiger partial charge < -0.3 is 15.0 Å². The molecule has 6 nitrogen and oxygen atoms in total. The van der Waals surface area contributed by atoms with Gasteiger partial charge in [0.25, 0.3) is 5.56 Å². The van der Waals surface area contributed by atoms with Gasteiger partial charge in [0.2, 0.25) is 0 Å². The molecule has 0 spiro atoms. The zero-order valence-electron chi connectivity index (χ0n) is 18.0. The van der Waals surface area contributed by atoms with Gasteiger partial charge in [-0.1, -0.05) is 51.6 Å². The number of fused-ring (bicyclic) bond motifs is 1. The number of aromatic amines is 1. The van der Waals surface area contributed by atoms with Gasteiger partial charge in [-0.15, -0.1) is 0 Å². The number of thioether (sulfide) groups is 1. The van der Waals surface area contributed by atoms with E-state index in [1.54, 1.807) is 7.11 Å². The fourth-order valence-corrected chi connectivity index (χ4v) is 5.04. The van der Waals surface area contributed by atoms with E-state index in [0.717, 1.165) is 23.4 Å². The monoisotopic (exact) mass is 425 g/mol. The smallest absolute Gasteiger partial charge is 0.257 e. The summed E-state index contributed by atoms with van der Waals surface area (Å²) >= 11 is 1.51. The van der Waals surface area contributed by atoms with E-state index in [1.807, 2.05) is 24.3 Å². The molecule has 1 atom stereocenters. The van der Waals surface area contributed by atoms with Crippen molar-refractivity contribution in [1.29, 1.82) is 0 Å². The Hall–Kier alpha value is -2.54. The van der Waals surface area contributed by atoms with Crippen LogP contribution in [0.15, 0.2) is 45.5 Å². The van der Waals surface area contributed by atoms with Gasteiger partial charge in [-0.2, -0.15) is 0 Å². The molecule has 0 saturated carbocycles. The molecule has 1 aliphatic carbocycles. The van der Waals surface area contributed by atoms with Crippen molar-refractivity contribution >= 4 is 23.4 Å². The summed E-state index contributed by atoms with van der Waals surface area (Å²) < 4.78 is 5.28. The Balaban J connectivity index is 1.91. The largest absolute Gasteiger partial charge is 0.497 e. The van der Waals surface area contributed by atoms with Gasteiger partial charge in [-0.25, -0.2) is 4.98 Å². The Bertz CT molecular complexity index is 1080. The van der Waals surface area contributed by atoms with Crippen molar-refractivity contribution in [3.05, 3.63) is 57.0 Å². The minimum absolute atomic E-state index is 0.0836. The van der Waals surface area contributed by atoms with Crippen LogP contribution < -0.4 is 15.6 Å². The lowest BCUT2D eigenvalue weighted by Gasteiger charge is -2.38. The summed E-state index contributed by atoms with van der Waals surface area (Å²) in [5.74, 6) is 0.918. The van der Waals surface area contributed by atoms with Crippen LogP contribution in [0.5, 0.6) is 5.75 Å². The predicted octanol–water partition coefficient (Wildman–Crippen LogP) is 4.48. The molecule has 1 unspecified atom stereocenters. The number of allylic oxidation sites excluding steroid dienone is 2. The van der Waals surface area contributed by atoms with Crippen LogP contribution in [0.3, 0.4) is 0 Å². The van der Waals surface area contributed by atoms with Crippen LogP contribution >= 0.6 is 11.8 Å². The predicted molar refractivity (Wildman–Crippen MR) is 119 cm³/mol. The van der Waals surface area contributed by atoms with E-state index in [0.29, 0.717) is 28.5 Å². The molecule has 158 valence electrons. The lowest BCUT2D eigenvalue weighted by Crippen LogP contribution is -2.37. The number of benzene rings is 1. The number of anilines is 1. The molecule has 2 N–H and O–H groups in total. The third-order valence-electron chi connectivity index (χ3n) is 5.50. The fraction of sp³-hybridized carbons (Fsp3) is 0.435. The number of ketones is 1. The molecule has 0 bridgehead atoms. The minimum atomic E-state index is -0.444. The average molecular weight is 426 g/mol. The first-order valence-electron chi connectivity index (χ1n) is 10.2. The quantitative estimate of drug-likeness (QED) is 0.555. The maximum absolute atomic E-state index is 13.2. The van der Waals surface area contributed by atoms with Crippen molar-refractivity contribution in [1.82, 2.24) is 9.97 Å². The van der Waals surface area contributed by atoms with Crippen LogP contribution in [0.4, 0.5) is 5.82 Å². The van der Waals surface area contributed by atoms with Crippen LogP contribution in [0.1, 0.15) is 57.6 Å². The lowest BCUT2D eigenvalue weighted by molar-refractivity contribution is -0.118. The van der Waals surface area contributed by atoms with E-state index >= 15 is 0 Å². The molecule has 2 heterocycles. The number of nitrogens with zero attached hydrogens (tertiary/aromatic N) is 1. The summed E-state index contributed by atoms with van der Waals surface area (Å²) in [6.45, 7) is 8.31. The molecule has 0 amide bonds. The molecular weight excluding hydrogens is 398 g/mol. The molecule has 2 aliphatic rings. The maximum Gasteiger partial charge on any atom is 0.257 e. The lowest BCUT2D eigenvalue weighted by atomic mass is 9.69. The topological polar surface area (TPSA) is 84.1 Å². The molecule has 0 saturated heterocycles. The Morgan fingerprint density at radius 1 is 1.17 bits per heavy atom. The van der Waals surface area contributed by atoms with E-state index in [2.05, 4.69) is 38.0 Å². The number of hydrogen-bond acceptors (Lipinski definition) is 6. The number of Topliss-reactive ketones (excluding diaryl/α,β-unsaturated/α-hetero) is 1. The number of rotatable bonds is 4. The third kappa shape index (κ3) is 3.78. The van der Waals surface area contributed by atoms with E-state index in [9.17, 15) is 9.59 Å². The second-order valence-corrected chi connectivity index (χ2v) is 10.5. The van der Waals surface area contributed by atoms with E-state index in [-0.39, 0.29) is 22.0 Å². The van der Waals surface area contributed by atoms with Crippen LogP contribution in [0, 0.1) is 5.41 Å². The molecule has 1 aromatic heterocycles. The number of H-pyrrole nitrogens is 1. The molecule has 1 aliphatic heterocycles. The number of aromatic nitrogens is 2. The number of nitrogens with one attached hydrogen (secondary N) is 2. The molecule has 4 rings (SSSR count). The molecule has 2 aromatic rings. The highest BCUT2D eigenvalue weighted by Gasteiger charge is 2.42. The van der Waals surface area contributed by atoms with E-state index < -0.39 is 5.92 Å². The van der Waals surface area contributed by atoms with Crippen molar-refractivity contribution < 1.29 is 9.53 Å². The Morgan fingerprint density at radius 3 is 2.50 bits per heavy atom. The highest BCUT2D eigenvalue weighted by atomic mass is 32.2. The molecule has 7 heteroatoms. The first kappa shape index (κ1) is 20.7. The maximum atomic E-state index is 13.2. The zero-order valence-corrected chi connectivity index (χ0v) is 18.8. The average Bonchev–Trinajstić information content (AvgIpc) is 2.65. The van der Waals surface area contributed by atoms with Crippen molar-refractivity contribution in [2.24, 2.45) is 5.41 Å². The summed E-state index contributed by atoms with van der Waals surface area (Å²) in [5, 5.41) is 4.22. The minimum Gasteiger partial charge on any atom is -0.497 e. The van der Waals surface area contributed by atoms with E-state index in [1.165, 1.54) is 11.8 Å². The number of carbonyl (C=O) groups is 1. The van der Waals surface area contributed by atoms with Crippen LogP contribution in [0.25, 0.3) is 0 Å². The molecule has 1 aromatic carbocycles. The molecule has 0 fully saturated rings. The summed E-state index contributed by atoms with van der Waals surface area (Å²) in [5.41, 5.74) is 2.60. The second kappa shape index (κ2) is 7.61. The van der Waals surface area contributed by atoms with Gasteiger partial charge in [0, 0.05) is 28.9 Å². The normalized spacial score (nSPS) is 19.9. The first-order chi connectivity index (χ1) is 14.2. The van der Waals surface area contributed by atoms with Gasteiger partial charge in [0.15, 0.2) is 10.9 Å². The third-order valence-corrected chi connectivity index (χ3v) is 6.38. The van der Waals surface area contributed by atoms with Crippen LogP contribution in [-0.2, 0) is 4.79 Å². The Morgan fingerprint density at radius 2 is 1.87 bits per heavy atom. The van der Waals surface area contributed by atoms with Crippen LogP contribution in [0.2, 0.25) is 0 Å². The van der Waals surface area contributed by atoms with Crippen molar-refractivity contribution in [3.8, 4) is 5.75 Å². The SMILES string of the molecule is COc1ccc(C2C3=C(CC(C)(C)CC3=O)Nc3nc(SC(C)C)[nH]c(=O)c32)cc1. The van der Waals surface area contributed by atoms with Crippen molar-refractivity contribution in [3.63, 3.8) is 0 Å². The number of ether oxygens (including phenoxy) is 1. The van der Waals surface area contributed by atoms with Crippen molar-refractivity contribution in [2.75, 3.05) is 12.4 Å². The van der Waals surface area contributed by atoms with Gasteiger partial charge in [-0.05, 0) is 29.5 Å². The van der Waals surface area contributed by atoms with Gasteiger partial charge in [0.1, 0.15) is 11.6 Å². The standard InChI is InChI=1S/C23H27N3O3S/c1-12(2)30-22-25-20-19(21(28)26-22)17(13-6-8-14(29-5)9-7-13)18-15(24-20)10-23(3,4)11-16(18)27/h6-9,12,17H,10-11H2,1-5H3,(H2,24,25,26,28). The highest BCUT2D eigenvalue weighted by Crippen LogP contribution is 2.47. The molecule has 0 radical (unpaired) electrons. The number of carbonyl (C=O) groups excluding carboxylic acids is 1. The number of hydrogen-bond donors (Lipinski definition) is 2. The fourth-order valence-electron chi connectivity index (χ4n) is 4.30. The van der Waals surface area contributed by atoms with Gasteiger partial charge in [-0.3, -0.25) is 9.59 Å². The summed E-state index contributed by atoms with van der Waals surface area (Å²) in [4.78, 5) is 34.0. The summed E-state index contributed by atoms with van der Waals surface area (Å²) in [6, 6.07) is 7.57. The van der Waals surface area contributed by atoms with Gasteiger partial charge >= 0.3 is 0 Å².